The minimum Gasteiger partial charge on any atom is -0.322 e. The fourth-order valence-electron chi connectivity index (χ4n) is 2.89. The van der Waals surface area contributed by atoms with E-state index >= 15 is 0 Å². The van der Waals surface area contributed by atoms with Crippen molar-refractivity contribution in [2.75, 3.05) is 35.7 Å². The topological polar surface area (TPSA) is 45.2 Å². The highest BCUT2D eigenvalue weighted by Gasteiger charge is 2.13. The van der Waals surface area contributed by atoms with Crippen LogP contribution in [0.3, 0.4) is 0 Å². The van der Waals surface area contributed by atoms with Crippen molar-refractivity contribution in [1.82, 2.24) is 9.88 Å². The highest BCUT2D eigenvalue weighted by atomic mass is 32.2. The number of carbonyl (C=O) groups is 1. The predicted molar refractivity (Wildman–Crippen MR) is 112 cm³/mol. The molecule has 0 saturated carbocycles. The molecule has 1 N–H and O–H groups in total. The van der Waals surface area contributed by atoms with E-state index in [9.17, 15) is 4.79 Å². The maximum absolute atomic E-state index is 12.7. The third kappa shape index (κ3) is 5.25. The Morgan fingerprint density at radius 3 is 2.85 bits per heavy atom. The molecule has 1 aromatic heterocycles. The first-order valence-electron chi connectivity index (χ1n) is 8.95. The molecule has 1 amide bonds. The summed E-state index contributed by atoms with van der Waals surface area (Å²) in [5.74, 6) is 3.26. The number of pyridine rings is 1. The van der Waals surface area contributed by atoms with Crippen LogP contribution in [0.15, 0.2) is 41.6 Å². The molecule has 1 fully saturated rings. The smallest absolute Gasteiger partial charge is 0.255 e. The van der Waals surface area contributed by atoms with Gasteiger partial charge in [-0.25, -0.2) is 4.98 Å². The number of hydrogen-bond donors (Lipinski definition) is 1. The number of carbonyl (C=O) groups excluding carboxylic acids is 1. The SMILES string of the molecule is CCSc1cc(C(=O)Nc2cc(CN3CCSCC3)ccc2C)ccn1. The molecule has 0 aliphatic carbocycles. The van der Waals surface area contributed by atoms with Crippen LogP contribution >= 0.6 is 23.5 Å². The van der Waals surface area contributed by atoms with Crippen LogP contribution < -0.4 is 5.32 Å². The van der Waals surface area contributed by atoms with Crippen molar-refractivity contribution >= 4 is 35.1 Å². The van der Waals surface area contributed by atoms with Gasteiger partial charge in [-0.1, -0.05) is 19.1 Å². The average molecular weight is 388 g/mol. The molecule has 3 rings (SSSR count). The molecular formula is C20H25N3OS2. The predicted octanol–water partition coefficient (Wildman–Crippen LogP) is 4.30. The molecular weight excluding hydrogens is 362 g/mol. The molecule has 1 aromatic carbocycles. The van der Waals surface area contributed by atoms with Crippen molar-refractivity contribution < 1.29 is 4.79 Å². The van der Waals surface area contributed by atoms with Gasteiger partial charge in [-0.05, 0) is 42.0 Å². The Hall–Kier alpha value is -1.50. The monoisotopic (exact) mass is 387 g/mol. The van der Waals surface area contributed by atoms with Gasteiger partial charge in [-0.15, -0.1) is 11.8 Å². The van der Waals surface area contributed by atoms with Gasteiger partial charge in [0.1, 0.15) is 0 Å². The summed E-state index contributed by atoms with van der Waals surface area (Å²) in [6.07, 6.45) is 1.70. The average Bonchev–Trinajstić information content (AvgIpc) is 2.66. The van der Waals surface area contributed by atoms with E-state index in [1.165, 1.54) is 17.1 Å². The molecule has 0 spiro atoms. The number of amides is 1. The number of hydrogen-bond acceptors (Lipinski definition) is 5. The Bertz CT molecular complexity index is 760. The molecule has 6 heteroatoms. The summed E-state index contributed by atoms with van der Waals surface area (Å²) in [7, 11) is 0. The quantitative estimate of drug-likeness (QED) is 0.749. The molecule has 0 bridgehead atoms. The Morgan fingerprint density at radius 1 is 1.27 bits per heavy atom. The molecule has 2 heterocycles. The number of anilines is 1. The Balaban J connectivity index is 1.71. The van der Waals surface area contributed by atoms with Crippen LogP contribution in [0.1, 0.15) is 28.4 Å². The van der Waals surface area contributed by atoms with E-state index in [4.69, 9.17) is 0 Å². The molecule has 4 nitrogen and oxygen atoms in total. The summed E-state index contributed by atoms with van der Waals surface area (Å²) < 4.78 is 0. The van der Waals surface area contributed by atoms with Gasteiger partial charge in [0.05, 0.1) is 5.03 Å². The fourth-order valence-corrected chi connectivity index (χ4v) is 4.51. The van der Waals surface area contributed by atoms with Gasteiger partial charge >= 0.3 is 0 Å². The first-order chi connectivity index (χ1) is 12.7. The van der Waals surface area contributed by atoms with E-state index in [1.807, 2.05) is 24.8 Å². The lowest BCUT2D eigenvalue weighted by molar-refractivity contribution is 0.102. The second kappa shape index (κ2) is 9.44. The van der Waals surface area contributed by atoms with Gasteiger partial charge in [0.2, 0.25) is 0 Å². The first kappa shape index (κ1) is 19.3. The minimum absolute atomic E-state index is 0.0834. The molecule has 138 valence electrons. The molecule has 0 unspecified atom stereocenters. The Morgan fingerprint density at radius 2 is 2.08 bits per heavy atom. The van der Waals surface area contributed by atoms with E-state index in [0.717, 1.165) is 41.7 Å². The molecule has 0 atom stereocenters. The number of benzene rings is 1. The summed E-state index contributed by atoms with van der Waals surface area (Å²) in [4.78, 5) is 19.4. The zero-order valence-corrected chi connectivity index (χ0v) is 17.0. The van der Waals surface area contributed by atoms with Gasteiger partial charge in [-0.3, -0.25) is 9.69 Å². The number of aryl methyl sites for hydroxylation is 1. The van der Waals surface area contributed by atoms with Crippen molar-refractivity contribution in [3.8, 4) is 0 Å². The van der Waals surface area contributed by atoms with Crippen LogP contribution in [0.4, 0.5) is 5.69 Å². The summed E-state index contributed by atoms with van der Waals surface area (Å²) in [6.45, 7) is 7.32. The van der Waals surface area contributed by atoms with Crippen LogP contribution in [0.2, 0.25) is 0 Å². The standard InChI is InChI=1S/C20H25N3OS2/c1-3-26-19-13-17(6-7-21-19)20(24)22-18-12-16(5-4-15(18)2)14-23-8-10-25-11-9-23/h4-7,12-13H,3,8-11,14H2,1-2H3,(H,22,24). The number of nitrogens with zero attached hydrogens (tertiary/aromatic N) is 2. The van der Waals surface area contributed by atoms with E-state index < -0.39 is 0 Å². The highest BCUT2D eigenvalue weighted by molar-refractivity contribution is 7.99. The van der Waals surface area contributed by atoms with Crippen LogP contribution in [0, 0.1) is 6.92 Å². The Kier molecular flexibility index (Phi) is 7.00. The van der Waals surface area contributed by atoms with Crippen molar-refractivity contribution in [1.29, 1.82) is 0 Å². The maximum atomic E-state index is 12.7. The molecule has 1 aliphatic rings. The van der Waals surface area contributed by atoms with Crippen molar-refractivity contribution in [2.45, 2.75) is 25.4 Å². The molecule has 0 radical (unpaired) electrons. The van der Waals surface area contributed by atoms with E-state index in [0.29, 0.717) is 5.56 Å². The zero-order chi connectivity index (χ0) is 18.4. The molecule has 1 saturated heterocycles. The van der Waals surface area contributed by atoms with E-state index in [2.05, 4.69) is 40.3 Å². The summed E-state index contributed by atoms with van der Waals surface area (Å²) in [5, 5.41) is 3.96. The number of rotatable bonds is 6. The Labute approximate surface area is 164 Å². The van der Waals surface area contributed by atoms with Gasteiger partial charge in [-0.2, -0.15) is 11.8 Å². The van der Waals surface area contributed by atoms with Gasteiger partial charge in [0.15, 0.2) is 0 Å². The lowest BCUT2D eigenvalue weighted by Gasteiger charge is -2.26. The van der Waals surface area contributed by atoms with E-state index in [-0.39, 0.29) is 5.91 Å². The number of nitrogens with one attached hydrogen (secondary N) is 1. The van der Waals surface area contributed by atoms with Crippen molar-refractivity contribution in [3.05, 3.63) is 53.2 Å². The fraction of sp³-hybridized carbons (Fsp3) is 0.400. The van der Waals surface area contributed by atoms with Crippen LogP contribution in [-0.4, -0.2) is 46.1 Å². The van der Waals surface area contributed by atoms with Crippen LogP contribution in [0.5, 0.6) is 0 Å². The summed E-state index contributed by atoms with van der Waals surface area (Å²) >= 11 is 3.66. The molecule has 26 heavy (non-hydrogen) atoms. The zero-order valence-electron chi connectivity index (χ0n) is 15.3. The van der Waals surface area contributed by atoms with Gasteiger partial charge in [0.25, 0.3) is 5.91 Å². The van der Waals surface area contributed by atoms with Gasteiger partial charge in [0, 0.05) is 48.6 Å². The normalized spacial score (nSPS) is 15.0. The largest absolute Gasteiger partial charge is 0.322 e. The second-order valence-corrected chi connectivity index (χ2v) is 8.82. The lowest BCUT2D eigenvalue weighted by Crippen LogP contribution is -2.32. The third-order valence-corrected chi connectivity index (χ3v) is 6.10. The maximum Gasteiger partial charge on any atom is 0.255 e. The van der Waals surface area contributed by atoms with Gasteiger partial charge < -0.3 is 5.32 Å². The lowest BCUT2D eigenvalue weighted by atomic mass is 10.1. The van der Waals surface area contributed by atoms with E-state index in [1.54, 1.807) is 24.0 Å². The minimum atomic E-state index is -0.0834. The summed E-state index contributed by atoms with van der Waals surface area (Å²) in [5.41, 5.74) is 3.86. The summed E-state index contributed by atoms with van der Waals surface area (Å²) in [6, 6.07) is 9.98. The van der Waals surface area contributed by atoms with Crippen molar-refractivity contribution in [2.24, 2.45) is 0 Å². The number of aromatic nitrogens is 1. The first-order valence-corrected chi connectivity index (χ1v) is 11.1. The second-order valence-electron chi connectivity index (χ2n) is 6.31. The number of thioether (sulfide) groups is 2. The molecule has 1 aliphatic heterocycles. The van der Waals surface area contributed by atoms with Crippen LogP contribution in [-0.2, 0) is 6.54 Å². The third-order valence-electron chi connectivity index (χ3n) is 4.35. The van der Waals surface area contributed by atoms with Crippen molar-refractivity contribution in [3.63, 3.8) is 0 Å². The highest BCUT2D eigenvalue weighted by Crippen LogP contribution is 2.21. The molecule has 2 aromatic rings. The van der Waals surface area contributed by atoms with Crippen LogP contribution in [0.25, 0.3) is 0 Å².